The second-order valence-corrected chi connectivity index (χ2v) is 4.85. The van der Waals surface area contributed by atoms with Crippen LogP contribution in [-0.2, 0) is 4.79 Å². The van der Waals surface area contributed by atoms with Gasteiger partial charge in [0.05, 0.1) is 6.04 Å². The van der Waals surface area contributed by atoms with Crippen LogP contribution in [0.2, 0.25) is 0 Å². The van der Waals surface area contributed by atoms with Crippen LogP contribution >= 0.6 is 24.2 Å². The number of carbonyl (C=O) groups excluding carboxylic acids is 1. The molecule has 2 fully saturated rings. The Balaban J connectivity index is 0.00000112. The largest absolute Gasteiger partial charge is 0.351 e. The van der Waals surface area contributed by atoms with Crippen molar-refractivity contribution in [2.75, 3.05) is 24.7 Å². The van der Waals surface area contributed by atoms with Gasteiger partial charge in [-0.05, 0) is 19.4 Å². The Morgan fingerprint density at radius 1 is 1.47 bits per heavy atom. The molecule has 0 radical (unpaired) electrons. The average molecular weight is 252 g/mol. The number of halogens is 1. The molecule has 15 heavy (non-hydrogen) atoms. The Kier molecular flexibility index (Phi) is 5.74. The highest BCUT2D eigenvalue weighted by Crippen LogP contribution is 2.10. The maximum Gasteiger partial charge on any atom is 0.238 e. The van der Waals surface area contributed by atoms with E-state index in [0.29, 0.717) is 6.04 Å². The molecule has 2 rings (SSSR count). The zero-order valence-electron chi connectivity index (χ0n) is 8.62. The summed E-state index contributed by atoms with van der Waals surface area (Å²) in [6.45, 7) is 2.01. The molecule has 88 valence electrons. The van der Waals surface area contributed by atoms with Gasteiger partial charge in [-0.1, -0.05) is 0 Å². The monoisotopic (exact) mass is 251 g/mol. The van der Waals surface area contributed by atoms with Crippen molar-refractivity contribution in [3.8, 4) is 0 Å². The minimum absolute atomic E-state index is 0. The minimum Gasteiger partial charge on any atom is -0.351 e. The van der Waals surface area contributed by atoms with Gasteiger partial charge in [-0.15, -0.1) is 24.2 Å². The maximum absolute atomic E-state index is 11.7. The van der Waals surface area contributed by atoms with E-state index in [1.54, 1.807) is 11.8 Å². The molecule has 2 atom stereocenters. The first-order chi connectivity index (χ1) is 6.86. The zero-order chi connectivity index (χ0) is 9.80. The van der Waals surface area contributed by atoms with Gasteiger partial charge in [-0.3, -0.25) is 10.1 Å². The first-order valence-electron chi connectivity index (χ1n) is 5.18. The van der Waals surface area contributed by atoms with Crippen LogP contribution < -0.4 is 16.0 Å². The Bertz CT molecular complexity index is 206. The van der Waals surface area contributed by atoms with E-state index in [4.69, 9.17) is 0 Å². The highest BCUT2D eigenvalue weighted by Gasteiger charge is 2.24. The third-order valence-electron chi connectivity index (χ3n) is 2.68. The summed E-state index contributed by atoms with van der Waals surface area (Å²) in [7, 11) is 0. The van der Waals surface area contributed by atoms with Gasteiger partial charge in [-0.25, -0.2) is 0 Å². The number of hydrogen-bond donors (Lipinski definition) is 3. The molecule has 0 saturated carbocycles. The quantitative estimate of drug-likeness (QED) is 0.644. The van der Waals surface area contributed by atoms with Crippen LogP contribution in [0.1, 0.15) is 12.8 Å². The van der Waals surface area contributed by atoms with E-state index in [-0.39, 0.29) is 24.4 Å². The molecule has 0 aromatic carbocycles. The molecule has 6 heteroatoms. The van der Waals surface area contributed by atoms with Crippen LogP contribution in [-0.4, -0.2) is 42.7 Å². The van der Waals surface area contributed by atoms with Crippen molar-refractivity contribution in [1.82, 2.24) is 16.0 Å². The SMILES string of the molecule is Cl.O=C(N[C@@H]1CCCNC1)[C@H]1CSCN1. The van der Waals surface area contributed by atoms with Crippen LogP contribution in [0.3, 0.4) is 0 Å². The van der Waals surface area contributed by atoms with Crippen molar-refractivity contribution in [2.24, 2.45) is 0 Å². The topological polar surface area (TPSA) is 53.2 Å². The lowest BCUT2D eigenvalue weighted by Crippen LogP contribution is -2.51. The molecule has 3 N–H and O–H groups in total. The fourth-order valence-electron chi connectivity index (χ4n) is 1.84. The highest BCUT2D eigenvalue weighted by atomic mass is 35.5. The molecule has 1 amide bonds. The molecule has 0 aromatic rings. The maximum atomic E-state index is 11.7. The number of hydrogen-bond acceptors (Lipinski definition) is 4. The summed E-state index contributed by atoms with van der Waals surface area (Å²) >= 11 is 1.78. The molecule has 0 aliphatic carbocycles. The Labute approximate surface area is 101 Å². The molecule has 0 bridgehead atoms. The average Bonchev–Trinajstić information content (AvgIpc) is 2.72. The van der Waals surface area contributed by atoms with Gasteiger partial charge in [0.2, 0.25) is 5.91 Å². The van der Waals surface area contributed by atoms with E-state index in [1.807, 2.05) is 0 Å². The third kappa shape index (κ3) is 3.83. The summed E-state index contributed by atoms with van der Waals surface area (Å²) in [6.07, 6.45) is 2.27. The second kappa shape index (κ2) is 6.58. The predicted octanol–water partition coefficient (Wildman–Crippen LogP) is -0.0611. The van der Waals surface area contributed by atoms with Crippen LogP contribution in [0.5, 0.6) is 0 Å². The highest BCUT2D eigenvalue weighted by molar-refractivity contribution is 7.99. The molecule has 4 nitrogen and oxygen atoms in total. The first-order valence-corrected chi connectivity index (χ1v) is 6.34. The minimum atomic E-state index is 0. The van der Waals surface area contributed by atoms with Crippen LogP contribution in [0.25, 0.3) is 0 Å². The van der Waals surface area contributed by atoms with E-state index < -0.39 is 0 Å². The van der Waals surface area contributed by atoms with E-state index in [9.17, 15) is 4.79 Å². The standard InChI is InChI=1S/C9H17N3OS.ClH/c13-9(8-5-14-6-11-8)12-7-2-1-3-10-4-7;/h7-8,10-11H,1-6H2,(H,12,13);1H/t7-,8-;/m1./s1. The molecule has 2 aliphatic rings. The summed E-state index contributed by atoms with van der Waals surface area (Å²) in [6, 6.07) is 0.366. The van der Waals surface area contributed by atoms with Gasteiger partial charge < -0.3 is 10.6 Å². The number of carbonyl (C=O) groups is 1. The lowest BCUT2D eigenvalue weighted by molar-refractivity contribution is -0.123. The van der Waals surface area contributed by atoms with Crippen molar-refractivity contribution in [1.29, 1.82) is 0 Å². The summed E-state index contributed by atoms with van der Waals surface area (Å²) in [5.41, 5.74) is 0. The van der Waals surface area contributed by atoms with E-state index >= 15 is 0 Å². The van der Waals surface area contributed by atoms with E-state index in [0.717, 1.165) is 37.6 Å². The Morgan fingerprint density at radius 2 is 2.33 bits per heavy atom. The molecule has 2 saturated heterocycles. The number of amides is 1. The fourth-order valence-corrected chi connectivity index (χ4v) is 2.78. The van der Waals surface area contributed by atoms with Crippen molar-refractivity contribution < 1.29 is 4.79 Å². The van der Waals surface area contributed by atoms with Gasteiger partial charge in [0.25, 0.3) is 0 Å². The van der Waals surface area contributed by atoms with Gasteiger partial charge in [0, 0.05) is 24.2 Å². The third-order valence-corrected chi connectivity index (χ3v) is 3.62. The van der Waals surface area contributed by atoms with Crippen molar-refractivity contribution in [3.63, 3.8) is 0 Å². The Morgan fingerprint density at radius 3 is 2.93 bits per heavy atom. The summed E-state index contributed by atoms with van der Waals surface area (Å²) in [5.74, 6) is 1.98. The molecule has 0 aromatic heterocycles. The molecule has 0 unspecified atom stereocenters. The van der Waals surface area contributed by atoms with Crippen LogP contribution in [0.15, 0.2) is 0 Å². The van der Waals surface area contributed by atoms with Gasteiger partial charge in [0.1, 0.15) is 0 Å². The van der Waals surface area contributed by atoms with Crippen molar-refractivity contribution >= 4 is 30.1 Å². The van der Waals surface area contributed by atoms with Crippen LogP contribution in [0, 0.1) is 0 Å². The van der Waals surface area contributed by atoms with Gasteiger partial charge in [0.15, 0.2) is 0 Å². The lowest BCUT2D eigenvalue weighted by atomic mass is 10.1. The van der Waals surface area contributed by atoms with Crippen molar-refractivity contribution in [3.05, 3.63) is 0 Å². The molecule has 2 aliphatic heterocycles. The smallest absolute Gasteiger partial charge is 0.238 e. The summed E-state index contributed by atoms with van der Waals surface area (Å²) < 4.78 is 0. The van der Waals surface area contributed by atoms with E-state index in [2.05, 4.69) is 16.0 Å². The number of rotatable bonds is 2. The van der Waals surface area contributed by atoms with Crippen LogP contribution in [0.4, 0.5) is 0 Å². The molecule has 2 heterocycles. The van der Waals surface area contributed by atoms with Crippen molar-refractivity contribution in [2.45, 2.75) is 24.9 Å². The summed E-state index contributed by atoms with van der Waals surface area (Å²) in [5, 5.41) is 9.55. The molecule has 0 spiro atoms. The van der Waals surface area contributed by atoms with Gasteiger partial charge in [-0.2, -0.15) is 0 Å². The summed E-state index contributed by atoms with van der Waals surface area (Å²) in [4.78, 5) is 11.7. The zero-order valence-corrected chi connectivity index (χ0v) is 10.3. The predicted molar refractivity (Wildman–Crippen MR) is 65.5 cm³/mol. The van der Waals surface area contributed by atoms with E-state index in [1.165, 1.54) is 0 Å². The Hall–Kier alpha value is 0.0300. The number of nitrogens with one attached hydrogen (secondary N) is 3. The second-order valence-electron chi connectivity index (χ2n) is 3.82. The lowest BCUT2D eigenvalue weighted by Gasteiger charge is -2.25. The number of thioether (sulfide) groups is 1. The molecular weight excluding hydrogens is 234 g/mol. The van der Waals surface area contributed by atoms with Gasteiger partial charge >= 0.3 is 0 Å². The molecular formula is C9H18ClN3OS. The first kappa shape index (κ1) is 13.1. The normalized spacial score (nSPS) is 30.7. The number of piperidine rings is 1. The fraction of sp³-hybridized carbons (Fsp3) is 0.889.